The molecule has 112 valence electrons. The lowest BCUT2D eigenvalue weighted by atomic mass is 10.1. The van der Waals surface area contributed by atoms with Gasteiger partial charge in [-0.2, -0.15) is 0 Å². The van der Waals surface area contributed by atoms with Gasteiger partial charge in [-0.3, -0.25) is 4.90 Å². The standard InChI is InChI=1S/C14H23N3O2S/c1-4-16-8-9-17(10-11(16)2)12-6-5-7-13(14(12)15)20(3,18)19/h5-7,11H,4,8-10,15H2,1-3H3. The zero-order chi connectivity index (χ0) is 14.9. The molecule has 2 N–H and O–H groups in total. The van der Waals surface area contributed by atoms with Gasteiger partial charge in [-0.25, -0.2) is 8.42 Å². The molecule has 0 saturated carbocycles. The van der Waals surface area contributed by atoms with Crippen LogP contribution >= 0.6 is 0 Å². The number of hydrogen-bond donors (Lipinski definition) is 1. The fourth-order valence-corrected chi connectivity index (χ4v) is 3.65. The van der Waals surface area contributed by atoms with Crippen molar-refractivity contribution in [2.75, 3.05) is 43.1 Å². The predicted molar refractivity (Wildman–Crippen MR) is 82.9 cm³/mol. The molecule has 0 bridgehead atoms. The van der Waals surface area contributed by atoms with Crippen molar-refractivity contribution in [3.8, 4) is 0 Å². The molecular weight excluding hydrogens is 274 g/mol. The monoisotopic (exact) mass is 297 g/mol. The van der Waals surface area contributed by atoms with Crippen LogP contribution in [0.4, 0.5) is 11.4 Å². The maximum atomic E-state index is 11.7. The van der Waals surface area contributed by atoms with Crippen molar-refractivity contribution in [3.05, 3.63) is 18.2 Å². The Morgan fingerprint density at radius 1 is 1.35 bits per heavy atom. The van der Waals surface area contributed by atoms with E-state index in [1.165, 1.54) is 6.26 Å². The average Bonchev–Trinajstić information content (AvgIpc) is 2.37. The van der Waals surface area contributed by atoms with Gasteiger partial charge in [0.2, 0.25) is 0 Å². The Hall–Kier alpha value is -1.27. The van der Waals surface area contributed by atoms with Crippen molar-refractivity contribution >= 4 is 21.2 Å². The first-order valence-electron chi connectivity index (χ1n) is 6.92. The summed E-state index contributed by atoms with van der Waals surface area (Å²) in [5.74, 6) is 0. The third kappa shape index (κ3) is 2.91. The van der Waals surface area contributed by atoms with Crippen LogP contribution in [0.3, 0.4) is 0 Å². The Kier molecular flexibility index (Phi) is 4.25. The minimum absolute atomic E-state index is 0.223. The number of hydrogen-bond acceptors (Lipinski definition) is 5. The Labute approximate surface area is 121 Å². The van der Waals surface area contributed by atoms with Gasteiger partial charge in [0.15, 0.2) is 9.84 Å². The van der Waals surface area contributed by atoms with E-state index < -0.39 is 9.84 Å². The number of nitrogens with two attached hydrogens (primary N) is 1. The number of rotatable bonds is 3. The number of nitrogens with zero attached hydrogens (tertiary/aromatic N) is 2. The lowest BCUT2D eigenvalue weighted by Crippen LogP contribution is -2.51. The van der Waals surface area contributed by atoms with Crippen LogP contribution in [-0.2, 0) is 9.84 Å². The van der Waals surface area contributed by atoms with Crippen LogP contribution in [0.1, 0.15) is 13.8 Å². The Bertz CT molecular complexity index is 586. The molecule has 1 unspecified atom stereocenters. The van der Waals surface area contributed by atoms with Crippen LogP contribution in [0.25, 0.3) is 0 Å². The molecule has 1 aliphatic rings. The highest BCUT2D eigenvalue weighted by Crippen LogP contribution is 2.31. The molecule has 1 saturated heterocycles. The van der Waals surface area contributed by atoms with Gasteiger partial charge in [0, 0.05) is 31.9 Å². The van der Waals surface area contributed by atoms with E-state index in [2.05, 4.69) is 23.6 Å². The van der Waals surface area contributed by atoms with Crippen molar-refractivity contribution in [3.63, 3.8) is 0 Å². The summed E-state index contributed by atoms with van der Waals surface area (Å²) in [5, 5.41) is 0. The summed E-state index contributed by atoms with van der Waals surface area (Å²) in [7, 11) is -3.29. The molecule has 0 radical (unpaired) electrons. The van der Waals surface area contributed by atoms with E-state index in [-0.39, 0.29) is 4.90 Å². The summed E-state index contributed by atoms with van der Waals surface area (Å²) in [6.45, 7) is 8.09. The molecule has 0 aromatic heterocycles. The van der Waals surface area contributed by atoms with Crippen molar-refractivity contribution in [2.24, 2.45) is 0 Å². The lowest BCUT2D eigenvalue weighted by molar-refractivity contribution is 0.199. The Balaban J connectivity index is 2.31. The molecule has 1 aliphatic heterocycles. The van der Waals surface area contributed by atoms with Gasteiger partial charge in [-0.15, -0.1) is 0 Å². The second-order valence-corrected chi connectivity index (χ2v) is 7.37. The molecule has 2 rings (SSSR count). The number of anilines is 2. The summed E-state index contributed by atoms with van der Waals surface area (Å²) >= 11 is 0. The highest BCUT2D eigenvalue weighted by Gasteiger charge is 2.25. The van der Waals surface area contributed by atoms with Crippen LogP contribution in [0, 0.1) is 0 Å². The highest BCUT2D eigenvalue weighted by molar-refractivity contribution is 7.90. The summed E-state index contributed by atoms with van der Waals surface area (Å²) in [6.07, 6.45) is 1.19. The van der Waals surface area contributed by atoms with Gasteiger partial charge in [-0.05, 0) is 25.6 Å². The maximum Gasteiger partial charge on any atom is 0.177 e. The number of likely N-dealkylation sites (N-methyl/N-ethyl adjacent to an activating group) is 1. The number of piperazine rings is 1. The van der Waals surface area contributed by atoms with Crippen molar-refractivity contribution < 1.29 is 8.42 Å². The first-order valence-corrected chi connectivity index (χ1v) is 8.81. The molecule has 1 aromatic rings. The highest BCUT2D eigenvalue weighted by atomic mass is 32.2. The quantitative estimate of drug-likeness (QED) is 0.849. The zero-order valence-electron chi connectivity index (χ0n) is 12.3. The van der Waals surface area contributed by atoms with Crippen LogP contribution in [-0.4, -0.2) is 51.8 Å². The van der Waals surface area contributed by atoms with Crippen LogP contribution < -0.4 is 10.6 Å². The van der Waals surface area contributed by atoms with E-state index in [1.54, 1.807) is 12.1 Å². The van der Waals surface area contributed by atoms with E-state index in [0.29, 0.717) is 11.7 Å². The molecule has 20 heavy (non-hydrogen) atoms. The third-order valence-corrected chi connectivity index (χ3v) is 5.11. The lowest BCUT2D eigenvalue weighted by Gasteiger charge is -2.41. The summed E-state index contributed by atoms with van der Waals surface area (Å²) in [6, 6.07) is 5.67. The van der Waals surface area contributed by atoms with E-state index in [0.717, 1.165) is 31.9 Å². The van der Waals surface area contributed by atoms with Crippen molar-refractivity contribution in [1.29, 1.82) is 0 Å². The van der Waals surface area contributed by atoms with Gasteiger partial charge < -0.3 is 10.6 Å². The van der Waals surface area contributed by atoms with Crippen LogP contribution in [0.2, 0.25) is 0 Å². The molecule has 6 heteroatoms. The van der Waals surface area contributed by atoms with Gasteiger partial charge in [0.05, 0.1) is 16.3 Å². The maximum absolute atomic E-state index is 11.7. The first-order chi connectivity index (χ1) is 9.34. The molecule has 1 heterocycles. The molecule has 1 fully saturated rings. The fourth-order valence-electron chi connectivity index (χ4n) is 2.82. The van der Waals surface area contributed by atoms with E-state index in [9.17, 15) is 8.42 Å². The fraction of sp³-hybridized carbons (Fsp3) is 0.571. The minimum Gasteiger partial charge on any atom is -0.396 e. The summed E-state index contributed by atoms with van der Waals surface area (Å²) < 4.78 is 23.5. The average molecular weight is 297 g/mol. The van der Waals surface area contributed by atoms with Crippen molar-refractivity contribution in [2.45, 2.75) is 24.8 Å². The predicted octanol–water partition coefficient (Wildman–Crippen LogP) is 1.20. The van der Waals surface area contributed by atoms with Gasteiger partial charge in [-0.1, -0.05) is 13.0 Å². The summed E-state index contributed by atoms with van der Waals surface area (Å²) in [4.78, 5) is 4.81. The normalized spacial score (nSPS) is 21.1. The third-order valence-electron chi connectivity index (χ3n) is 3.95. The topological polar surface area (TPSA) is 66.6 Å². The molecule has 0 amide bonds. The molecule has 0 aliphatic carbocycles. The van der Waals surface area contributed by atoms with Crippen LogP contribution in [0.15, 0.2) is 23.1 Å². The Morgan fingerprint density at radius 2 is 2.05 bits per heavy atom. The SMILES string of the molecule is CCN1CCN(c2cccc(S(C)(=O)=O)c2N)CC1C. The van der Waals surface area contributed by atoms with E-state index in [4.69, 9.17) is 5.73 Å². The van der Waals surface area contributed by atoms with E-state index in [1.807, 2.05) is 6.07 Å². The molecule has 1 aromatic carbocycles. The van der Waals surface area contributed by atoms with Gasteiger partial charge in [0.1, 0.15) is 0 Å². The van der Waals surface area contributed by atoms with E-state index >= 15 is 0 Å². The van der Waals surface area contributed by atoms with Crippen LogP contribution in [0.5, 0.6) is 0 Å². The molecule has 1 atom stereocenters. The zero-order valence-corrected chi connectivity index (χ0v) is 13.2. The molecular formula is C14H23N3O2S. The smallest absolute Gasteiger partial charge is 0.177 e. The van der Waals surface area contributed by atoms with Crippen molar-refractivity contribution in [1.82, 2.24) is 4.90 Å². The minimum atomic E-state index is -3.29. The first kappa shape index (κ1) is 15.1. The van der Waals surface area contributed by atoms with Gasteiger partial charge >= 0.3 is 0 Å². The second-order valence-electron chi connectivity index (χ2n) is 5.38. The molecule has 5 nitrogen and oxygen atoms in total. The Morgan fingerprint density at radius 3 is 2.60 bits per heavy atom. The largest absolute Gasteiger partial charge is 0.396 e. The number of para-hydroxylation sites is 1. The molecule has 0 spiro atoms. The van der Waals surface area contributed by atoms with Gasteiger partial charge in [0.25, 0.3) is 0 Å². The number of sulfone groups is 1. The summed E-state index contributed by atoms with van der Waals surface area (Å²) in [5.41, 5.74) is 7.28. The number of nitrogen functional groups attached to an aromatic ring is 1. The second kappa shape index (κ2) is 5.61. The number of benzene rings is 1.